The van der Waals surface area contributed by atoms with Gasteiger partial charge in [-0.2, -0.15) is 9.98 Å². The van der Waals surface area contributed by atoms with E-state index in [1.807, 2.05) is 26.0 Å². The first-order valence-electron chi connectivity index (χ1n) is 10.6. The molecule has 0 bridgehead atoms. The molecule has 0 radical (unpaired) electrons. The number of aliphatic imine (C=N–C) groups is 2. The molecule has 0 aliphatic carbocycles. The van der Waals surface area contributed by atoms with Gasteiger partial charge in [-0.25, -0.2) is 9.59 Å². The Kier molecular flexibility index (Phi) is 9.94. The second-order valence-electron chi connectivity index (χ2n) is 7.26. The molecule has 0 aliphatic heterocycles. The van der Waals surface area contributed by atoms with Crippen LogP contribution in [0.2, 0.25) is 0 Å². The molecule has 0 fully saturated rings. The number of rotatable bonds is 9. The highest BCUT2D eigenvalue weighted by atomic mass is 16.5. The monoisotopic (exact) mass is 438 g/mol. The number of aryl methyl sites for hydroxylation is 2. The van der Waals surface area contributed by atoms with Crippen molar-refractivity contribution in [1.82, 2.24) is 0 Å². The topological polar surface area (TPSA) is 101 Å². The molecule has 2 aromatic carbocycles. The number of carbonyl (C=O) groups excluding carboxylic acids is 2. The Hall–Kier alpha value is -3.64. The van der Waals surface area contributed by atoms with Crippen molar-refractivity contribution in [2.75, 3.05) is 24.4 Å². The number of hydrogen-bond donors (Lipinski definition) is 2. The van der Waals surface area contributed by atoms with Gasteiger partial charge in [0.15, 0.2) is 0 Å². The van der Waals surface area contributed by atoms with Gasteiger partial charge in [-0.15, -0.1) is 0 Å². The lowest BCUT2D eigenvalue weighted by molar-refractivity contribution is 0.159. The molecule has 2 aromatic rings. The van der Waals surface area contributed by atoms with Gasteiger partial charge >= 0.3 is 12.2 Å². The summed E-state index contributed by atoms with van der Waals surface area (Å²) >= 11 is 0. The number of amides is 2. The van der Waals surface area contributed by atoms with Gasteiger partial charge in [-0.3, -0.25) is 10.6 Å². The van der Waals surface area contributed by atoms with E-state index in [9.17, 15) is 9.59 Å². The molecule has 2 rings (SSSR count). The number of carbonyl (C=O) groups is 2. The summed E-state index contributed by atoms with van der Waals surface area (Å²) in [5.74, 6) is 0. The number of ether oxygens (including phenoxy) is 2. The Bertz CT molecular complexity index is 997. The average Bonchev–Trinajstić information content (AvgIpc) is 2.77. The van der Waals surface area contributed by atoms with Crippen LogP contribution in [-0.4, -0.2) is 31.9 Å². The maximum Gasteiger partial charge on any atom is 0.411 e. The van der Waals surface area contributed by atoms with Crippen LogP contribution in [0.4, 0.5) is 32.3 Å². The Labute approximate surface area is 188 Å². The second-order valence-corrected chi connectivity index (χ2v) is 7.26. The molecule has 8 nitrogen and oxygen atoms in total. The zero-order chi connectivity index (χ0) is 23.3. The van der Waals surface area contributed by atoms with E-state index in [1.165, 1.54) is 7.11 Å². The Morgan fingerprint density at radius 1 is 0.875 bits per heavy atom. The van der Waals surface area contributed by atoms with Crippen LogP contribution in [0.25, 0.3) is 0 Å². The predicted molar refractivity (Wildman–Crippen MR) is 127 cm³/mol. The van der Waals surface area contributed by atoms with Gasteiger partial charge in [0.1, 0.15) is 6.01 Å². The van der Waals surface area contributed by atoms with Gasteiger partial charge in [0, 0.05) is 11.4 Å². The van der Waals surface area contributed by atoms with Gasteiger partial charge in [0.2, 0.25) is 0 Å². The molecule has 170 valence electrons. The summed E-state index contributed by atoms with van der Waals surface area (Å²) < 4.78 is 9.81. The molecule has 0 spiro atoms. The first kappa shape index (κ1) is 24.6. The smallest absolute Gasteiger partial charge is 0.411 e. The third-order valence-electron chi connectivity index (χ3n) is 4.67. The summed E-state index contributed by atoms with van der Waals surface area (Å²) in [4.78, 5) is 31.9. The maximum atomic E-state index is 12.0. The van der Waals surface area contributed by atoms with Crippen molar-refractivity contribution in [3.8, 4) is 0 Å². The van der Waals surface area contributed by atoms with Gasteiger partial charge in [-0.05, 0) is 55.7 Å². The molecule has 0 aromatic heterocycles. The van der Waals surface area contributed by atoms with Crippen molar-refractivity contribution in [3.63, 3.8) is 0 Å². The number of anilines is 2. The molecule has 32 heavy (non-hydrogen) atoms. The highest BCUT2D eigenvalue weighted by Crippen LogP contribution is 2.25. The van der Waals surface area contributed by atoms with Crippen LogP contribution < -0.4 is 10.6 Å². The minimum Gasteiger partial charge on any atom is -0.453 e. The van der Waals surface area contributed by atoms with E-state index < -0.39 is 12.2 Å². The highest BCUT2D eigenvalue weighted by Gasteiger charge is 2.06. The average molecular weight is 439 g/mol. The second kappa shape index (κ2) is 12.9. The standard InChI is InChI=1S/C24H30N4O4/c1-5-6-7-8-13-32-24(30)28-20-12-10-18(3)22(15-20)26-16-25-21-14-19(11-9-17(21)2)27-23(29)31-4/h9-12,14-15H,5-8,13H2,1-4H3,(H,27,29)(H,28,30). The van der Waals surface area contributed by atoms with E-state index in [1.54, 1.807) is 24.3 Å². The first-order chi connectivity index (χ1) is 15.4. The Balaban J connectivity index is 2.06. The van der Waals surface area contributed by atoms with Crippen molar-refractivity contribution in [2.45, 2.75) is 46.5 Å². The minimum atomic E-state index is -0.558. The number of methoxy groups -OCH3 is 1. The third-order valence-corrected chi connectivity index (χ3v) is 4.67. The molecular weight excluding hydrogens is 408 g/mol. The molecule has 0 atom stereocenters. The summed E-state index contributed by atoms with van der Waals surface area (Å²) in [6.45, 7) is 6.34. The first-order valence-corrected chi connectivity index (χ1v) is 10.6. The summed E-state index contributed by atoms with van der Waals surface area (Å²) in [5.41, 5.74) is 4.17. The lowest BCUT2D eigenvalue weighted by Gasteiger charge is -2.08. The number of hydrogen-bond acceptors (Lipinski definition) is 6. The van der Waals surface area contributed by atoms with Crippen LogP contribution in [0.3, 0.4) is 0 Å². The zero-order valence-electron chi connectivity index (χ0n) is 19.0. The third kappa shape index (κ3) is 8.24. The van der Waals surface area contributed by atoms with Crippen molar-refractivity contribution in [2.24, 2.45) is 9.98 Å². The number of unbranched alkanes of at least 4 members (excludes halogenated alkanes) is 3. The summed E-state index contributed by atoms with van der Waals surface area (Å²) in [6.07, 6.45) is 3.14. The predicted octanol–water partition coefficient (Wildman–Crippen LogP) is 6.75. The molecular formula is C24H30N4O4. The van der Waals surface area contributed by atoms with E-state index in [0.29, 0.717) is 29.4 Å². The molecule has 2 amide bonds. The summed E-state index contributed by atoms with van der Waals surface area (Å²) in [7, 11) is 1.30. The summed E-state index contributed by atoms with van der Waals surface area (Å²) in [6, 6.07) is 13.4. The van der Waals surface area contributed by atoms with Crippen LogP contribution in [0.1, 0.15) is 43.7 Å². The Morgan fingerprint density at radius 2 is 1.44 bits per heavy atom. The van der Waals surface area contributed by atoms with Crippen LogP contribution in [0, 0.1) is 13.8 Å². The van der Waals surface area contributed by atoms with E-state index in [0.717, 1.165) is 36.8 Å². The number of nitrogens with one attached hydrogen (secondary N) is 2. The van der Waals surface area contributed by atoms with E-state index >= 15 is 0 Å². The van der Waals surface area contributed by atoms with Crippen LogP contribution >= 0.6 is 0 Å². The number of nitrogens with zero attached hydrogens (tertiary/aromatic N) is 2. The van der Waals surface area contributed by atoms with Gasteiger partial charge < -0.3 is 9.47 Å². The van der Waals surface area contributed by atoms with Gasteiger partial charge in [0.05, 0.1) is 25.1 Å². The van der Waals surface area contributed by atoms with Crippen molar-refractivity contribution in [1.29, 1.82) is 0 Å². The largest absolute Gasteiger partial charge is 0.453 e. The highest BCUT2D eigenvalue weighted by molar-refractivity contribution is 5.86. The van der Waals surface area contributed by atoms with Crippen molar-refractivity contribution >= 4 is 40.9 Å². The quantitative estimate of drug-likeness (QED) is 0.334. The van der Waals surface area contributed by atoms with Crippen LogP contribution in [-0.2, 0) is 9.47 Å². The maximum absolute atomic E-state index is 12.0. The van der Waals surface area contributed by atoms with E-state index in [4.69, 9.17) is 4.74 Å². The number of benzene rings is 2. The molecule has 0 unspecified atom stereocenters. The van der Waals surface area contributed by atoms with Crippen molar-refractivity contribution < 1.29 is 19.1 Å². The molecule has 8 heteroatoms. The Morgan fingerprint density at radius 3 is 1.97 bits per heavy atom. The molecule has 2 N–H and O–H groups in total. The fourth-order valence-corrected chi connectivity index (χ4v) is 2.76. The van der Waals surface area contributed by atoms with Gasteiger partial charge in [0.25, 0.3) is 0 Å². The SMILES string of the molecule is CCCCCCOC(=O)Nc1ccc(C)c(N=C=Nc2cc(NC(=O)OC)ccc2C)c1. The molecule has 0 heterocycles. The normalized spacial score (nSPS) is 10.0. The van der Waals surface area contributed by atoms with Crippen molar-refractivity contribution in [3.05, 3.63) is 47.5 Å². The molecule has 0 aliphatic rings. The lowest BCUT2D eigenvalue weighted by Crippen LogP contribution is -2.14. The zero-order valence-corrected chi connectivity index (χ0v) is 19.0. The van der Waals surface area contributed by atoms with Crippen LogP contribution in [0.5, 0.6) is 0 Å². The fraction of sp³-hybridized carbons (Fsp3) is 0.375. The van der Waals surface area contributed by atoms with E-state index in [-0.39, 0.29) is 0 Å². The summed E-state index contributed by atoms with van der Waals surface area (Å²) in [5, 5.41) is 5.31. The molecule has 0 saturated heterocycles. The lowest BCUT2D eigenvalue weighted by atomic mass is 10.2. The van der Waals surface area contributed by atoms with E-state index in [2.05, 4.69) is 38.3 Å². The fourth-order valence-electron chi connectivity index (χ4n) is 2.76. The van der Waals surface area contributed by atoms with Crippen LogP contribution in [0.15, 0.2) is 46.4 Å². The van der Waals surface area contributed by atoms with Gasteiger partial charge in [-0.1, -0.05) is 38.3 Å². The minimum absolute atomic E-state index is 0.401. The molecule has 0 saturated carbocycles.